The molecule has 2 aliphatic heterocycles. The quantitative estimate of drug-likeness (QED) is 0.868. The van der Waals surface area contributed by atoms with Crippen molar-refractivity contribution in [2.45, 2.75) is 39.3 Å². The van der Waals surface area contributed by atoms with E-state index in [0.29, 0.717) is 0 Å². The topological polar surface area (TPSA) is 51.7 Å². The van der Waals surface area contributed by atoms with Crippen LogP contribution < -0.4 is 0 Å². The Bertz CT molecular complexity index is 794. The third-order valence-corrected chi connectivity index (χ3v) is 6.76. The minimum atomic E-state index is -0.643. The van der Waals surface area contributed by atoms with Gasteiger partial charge in [-0.1, -0.05) is 32.0 Å². The summed E-state index contributed by atoms with van der Waals surface area (Å²) in [5, 5.41) is 12.8. The van der Waals surface area contributed by atoms with Gasteiger partial charge in [0.1, 0.15) is 0 Å². The molecule has 0 saturated carbocycles. The van der Waals surface area contributed by atoms with Crippen LogP contribution in [0.2, 0.25) is 0 Å². The number of ether oxygens (including phenoxy) is 1. The minimum absolute atomic E-state index is 0.149. The third kappa shape index (κ3) is 3.66. The second-order valence-corrected chi connectivity index (χ2v) is 9.04. The van der Waals surface area contributed by atoms with Gasteiger partial charge in [-0.15, -0.1) is 0 Å². The number of para-hydroxylation sites is 1. The number of hydrogen-bond acceptors (Lipinski definition) is 4. The van der Waals surface area contributed by atoms with E-state index in [-0.39, 0.29) is 5.41 Å². The van der Waals surface area contributed by atoms with Crippen LogP contribution in [0.1, 0.15) is 31.5 Å². The van der Waals surface area contributed by atoms with Gasteiger partial charge in [-0.3, -0.25) is 9.80 Å². The van der Waals surface area contributed by atoms with Crippen molar-refractivity contribution in [3.05, 3.63) is 35.5 Å². The number of hydrogen-bond donors (Lipinski definition) is 2. The van der Waals surface area contributed by atoms with E-state index >= 15 is 0 Å². The van der Waals surface area contributed by atoms with Crippen molar-refractivity contribution in [3.63, 3.8) is 0 Å². The predicted octanol–water partition coefficient (Wildman–Crippen LogP) is 2.77. The maximum atomic E-state index is 11.5. The normalized spacial score (nSPS) is 27.3. The summed E-state index contributed by atoms with van der Waals surface area (Å²) in [4.78, 5) is 8.45. The Morgan fingerprint density at radius 3 is 2.56 bits per heavy atom. The first-order chi connectivity index (χ1) is 12.9. The van der Waals surface area contributed by atoms with Gasteiger partial charge in [-0.05, 0) is 25.0 Å². The Kier molecular flexibility index (Phi) is 5.06. The van der Waals surface area contributed by atoms with Gasteiger partial charge in [0.15, 0.2) is 0 Å². The summed E-state index contributed by atoms with van der Waals surface area (Å²) in [6.07, 6.45) is 0.816. The second kappa shape index (κ2) is 7.21. The first kappa shape index (κ1) is 18.9. The van der Waals surface area contributed by atoms with Crippen molar-refractivity contribution in [2.75, 3.05) is 45.9 Å². The number of rotatable bonds is 4. The summed E-state index contributed by atoms with van der Waals surface area (Å²) in [5.41, 5.74) is 3.06. The van der Waals surface area contributed by atoms with Crippen molar-refractivity contribution in [3.8, 4) is 0 Å². The number of H-pyrrole nitrogens is 1. The van der Waals surface area contributed by atoms with Gasteiger partial charge in [0.2, 0.25) is 0 Å². The highest BCUT2D eigenvalue weighted by Crippen LogP contribution is 2.40. The molecule has 2 saturated heterocycles. The number of morpholine rings is 1. The summed E-state index contributed by atoms with van der Waals surface area (Å²) >= 11 is 0. The predicted molar refractivity (Wildman–Crippen MR) is 109 cm³/mol. The summed E-state index contributed by atoms with van der Waals surface area (Å²) in [7, 11) is 0. The Hall–Kier alpha value is -1.40. The zero-order chi connectivity index (χ0) is 19.1. The lowest BCUT2D eigenvalue weighted by Gasteiger charge is -2.52. The van der Waals surface area contributed by atoms with Crippen LogP contribution in [0.5, 0.6) is 0 Å². The molecule has 27 heavy (non-hydrogen) atoms. The lowest BCUT2D eigenvalue weighted by atomic mass is 9.69. The number of β-amino-alcohol motifs (C(OH)–C–C–N with tert-alkyl or cyclic N) is 1. The largest absolute Gasteiger partial charge is 0.388 e. The number of nitrogens with one attached hydrogen (secondary N) is 1. The highest BCUT2D eigenvalue weighted by atomic mass is 16.5. The average Bonchev–Trinajstić information content (AvgIpc) is 2.95. The van der Waals surface area contributed by atoms with Gasteiger partial charge < -0.3 is 14.8 Å². The van der Waals surface area contributed by atoms with Crippen molar-refractivity contribution >= 4 is 10.9 Å². The lowest BCUT2D eigenvalue weighted by Crippen LogP contribution is -2.62. The van der Waals surface area contributed by atoms with E-state index in [1.165, 1.54) is 22.2 Å². The zero-order valence-corrected chi connectivity index (χ0v) is 16.9. The Morgan fingerprint density at radius 2 is 1.85 bits per heavy atom. The smallest absolute Gasteiger partial charge is 0.0849 e. The van der Waals surface area contributed by atoms with Gasteiger partial charge in [0.05, 0.1) is 18.8 Å². The van der Waals surface area contributed by atoms with Crippen molar-refractivity contribution in [1.29, 1.82) is 0 Å². The summed E-state index contributed by atoms with van der Waals surface area (Å²) in [6.45, 7) is 13.6. The molecule has 0 bridgehead atoms. The number of aromatic nitrogens is 1. The SMILES string of the molecule is Cc1c(CN2CC[C@@](O)(CN3CCOCC3)C(C)(C)C2)[nH]c2ccccc12. The first-order valence-electron chi connectivity index (χ1n) is 10.2. The standard InChI is InChI=1S/C22H33N3O2/c1-17-18-6-4-5-7-19(18)23-20(17)14-25-9-8-22(26,21(2,3)15-25)16-24-10-12-27-13-11-24/h4-7,23,26H,8-16H2,1-3H3/t22-/m1/s1. The molecule has 1 aromatic heterocycles. The van der Waals surface area contributed by atoms with Crippen LogP contribution in [-0.2, 0) is 11.3 Å². The maximum Gasteiger partial charge on any atom is 0.0849 e. The Labute approximate surface area is 162 Å². The molecular weight excluding hydrogens is 338 g/mol. The fraction of sp³-hybridized carbons (Fsp3) is 0.636. The number of likely N-dealkylation sites (tertiary alicyclic amines) is 1. The number of aryl methyl sites for hydroxylation is 1. The molecule has 2 aliphatic rings. The molecule has 0 spiro atoms. The van der Waals surface area contributed by atoms with Gasteiger partial charge in [-0.25, -0.2) is 0 Å². The molecule has 0 unspecified atom stereocenters. The van der Waals surface area contributed by atoms with Gasteiger partial charge in [-0.2, -0.15) is 0 Å². The zero-order valence-electron chi connectivity index (χ0n) is 16.9. The van der Waals surface area contributed by atoms with Crippen LogP contribution in [0.25, 0.3) is 10.9 Å². The van der Waals surface area contributed by atoms with Crippen molar-refractivity contribution in [1.82, 2.24) is 14.8 Å². The molecule has 148 valence electrons. The first-order valence-corrected chi connectivity index (χ1v) is 10.2. The monoisotopic (exact) mass is 371 g/mol. The highest BCUT2D eigenvalue weighted by molar-refractivity contribution is 5.84. The Balaban J connectivity index is 1.45. The van der Waals surface area contributed by atoms with Gasteiger partial charge >= 0.3 is 0 Å². The van der Waals surface area contributed by atoms with E-state index in [1.54, 1.807) is 0 Å². The van der Waals surface area contributed by atoms with Crippen molar-refractivity contribution in [2.24, 2.45) is 5.41 Å². The van der Waals surface area contributed by atoms with E-state index in [4.69, 9.17) is 4.74 Å². The van der Waals surface area contributed by atoms with Crippen LogP contribution in [0.3, 0.4) is 0 Å². The Morgan fingerprint density at radius 1 is 1.11 bits per heavy atom. The number of aromatic amines is 1. The van der Waals surface area contributed by atoms with E-state index in [9.17, 15) is 5.11 Å². The fourth-order valence-electron chi connectivity index (χ4n) is 4.74. The van der Waals surface area contributed by atoms with Crippen LogP contribution in [0.4, 0.5) is 0 Å². The molecule has 5 heteroatoms. The average molecular weight is 372 g/mol. The fourth-order valence-corrected chi connectivity index (χ4v) is 4.74. The summed E-state index contributed by atoms with van der Waals surface area (Å²) < 4.78 is 5.46. The molecular formula is C22H33N3O2. The van der Waals surface area contributed by atoms with Gasteiger partial charge in [0, 0.05) is 61.3 Å². The number of piperidine rings is 1. The van der Waals surface area contributed by atoms with Crippen LogP contribution >= 0.6 is 0 Å². The summed E-state index contributed by atoms with van der Waals surface area (Å²) in [6, 6.07) is 8.51. The molecule has 0 amide bonds. The highest BCUT2D eigenvalue weighted by Gasteiger charge is 2.48. The molecule has 4 rings (SSSR count). The molecule has 0 aliphatic carbocycles. The van der Waals surface area contributed by atoms with E-state index in [0.717, 1.165) is 58.9 Å². The van der Waals surface area contributed by atoms with Crippen molar-refractivity contribution < 1.29 is 9.84 Å². The molecule has 0 radical (unpaired) electrons. The molecule has 2 fully saturated rings. The van der Waals surface area contributed by atoms with Gasteiger partial charge in [0.25, 0.3) is 0 Å². The third-order valence-electron chi connectivity index (χ3n) is 6.76. The van der Waals surface area contributed by atoms with E-state index in [1.807, 2.05) is 0 Å². The van der Waals surface area contributed by atoms with Crippen LogP contribution in [0.15, 0.2) is 24.3 Å². The number of fused-ring (bicyclic) bond motifs is 1. The van der Waals surface area contributed by atoms with E-state index < -0.39 is 5.60 Å². The second-order valence-electron chi connectivity index (χ2n) is 9.04. The van der Waals surface area contributed by atoms with E-state index in [2.05, 4.69) is 59.8 Å². The molecule has 1 atom stereocenters. The molecule has 1 aromatic carbocycles. The number of aliphatic hydroxyl groups is 1. The van der Waals surface area contributed by atoms with Crippen LogP contribution in [0, 0.1) is 12.3 Å². The summed E-state index contributed by atoms with van der Waals surface area (Å²) in [5.74, 6) is 0. The minimum Gasteiger partial charge on any atom is -0.388 e. The number of nitrogens with zero attached hydrogens (tertiary/aromatic N) is 2. The number of benzene rings is 1. The molecule has 2 N–H and O–H groups in total. The molecule has 5 nitrogen and oxygen atoms in total. The maximum absolute atomic E-state index is 11.5. The molecule has 2 aromatic rings. The molecule has 3 heterocycles. The lowest BCUT2D eigenvalue weighted by molar-refractivity contribution is -0.141. The van der Waals surface area contributed by atoms with Crippen LogP contribution in [-0.4, -0.2) is 71.4 Å².